The monoisotopic (exact) mass is 473 g/mol. The number of piperazine rings is 1. The van der Waals surface area contributed by atoms with Gasteiger partial charge in [0, 0.05) is 44.6 Å². The van der Waals surface area contributed by atoms with Crippen LogP contribution < -0.4 is 15.0 Å². The molecule has 176 valence electrons. The summed E-state index contributed by atoms with van der Waals surface area (Å²) in [7, 11) is 0. The summed E-state index contributed by atoms with van der Waals surface area (Å²) in [5.41, 5.74) is -1.32. The Morgan fingerprint density at radius 2 is 1.74 bits per heavy atom. The molecule has 0 atom stereocenters. The number of amides is 2. The van der Waals surface area contributed by atoms with Gasteiger partial charge < -0.3 is 14.5 Å². The molecule has 2 amide bonds. The van der Waals surface area contributed by atoms with Crippen LogP contribution >= 0.6 is 0 Å². The van der Waals surface area contributed by atoms with Crippen molar-refractivity contribution in [3.8, 4) is 5.88 Å². The van der Waals surface area contributed by atoms with E-state index in [0.29, 0.717) is 18.9 Å². The first-order valence-corrected chi connectivity index (χ1v) is 10.1. The highest BCUT2D eigenvalue weighted by molar-refractivity contribution is 5.96. The number of nitrogens with zero attached hydrogens (tertiary/aromatic N) is 6. The van der Waals surface area contributed by atoms with Crippen LogP contribution in [0, 0.1) is 0 Å². The van der Waals surface area contributed by atoms with Gasteiger partial charge in [-0.25, -0.2) is 9.78 Å². The zero-order valence-corrected chi connectivity index (χ0v) is 17.6. The summed E-state index contributed by atoms with van der Waals surface area (Å²) in [5, 5.41) is 10.3. The van der Waals surface area contributed by atoms with Gasteiger partial charge in [-0.15, -0.1) is 10.2 Å². The van der Waals surface area contributed by atoms with Crippen LogP contribution in [-0.2, 0) is 6.18 Å². The quantitative estimate of drug-likeness (QED) is 0.616. The molecule has 1 aliphatic heterocycles. The van der Waals surface area contributed by atoms with Gasteiger partial charge in [-0.05, 0) is 18.2 Å². The Morgan fingerprint density at radius 1 is 0.971 bits per heavy atom. The van der Waals surface area contributed by atoms with E-state index in [0.717, 1.165) is 6.07 Å². The average Bonchev–Trinajstić information content (AvgIpc) is 2.84. The lowest BCUT2D eigenvalue weighted by Crippen LogP contribution is -2.49. The number of anilines is 2. The van der Waals surface area contributed by atoms with Crippen molar-refractivity contribution >= 4 is 23.6 Å². The van der Waals surface area contributed by atoms with E-state index in [-0.39, 0.29) is 30.4 Å². The van der Waals surface area contributed by atoms with Crippen LogP contribution in [0.25, 0.3) is 0 Å². The second-order valence-electron chi connectivity index (χ2n) is 7.16. The molecule has 34 heavy (non-hydrogen) atoms. The number of alkyl halides is 3. The van der Waals surface area contributed by atoms with Crippen LogP contribution in [0.1, 0.15) is 15.9 Å². The molecule has 0 radical (unpaired) electrons. The smallest absolute Gasteiger partial charge is 0.389 e. The highest BCUT2D eigenvalue weighted by atomic mass is 19.4. The highest BCUT2D eigenvalue weighted by Gasteiger charge is 2.36. The molecule has 13 heteroatoms. The Bertz CT molecular complexity index is 1150. The number of nitrogens with one attached hydrogen (secondary N) is 1. The van der Waals surface area contributed by atoms with E-state index in [1.807, 2.05) is 4.90 Å². The maximum atomic E-state index is 13.2. The van der Waals surface area contributed by atoms with Crippen LogP contribution in [0.3, 0.4) is 0 Å². The summed E-state index contributed by atoms with van der Waals surface area (Å²) in [4.78, 5) is 35.5. The van der Waals surface area contributed by atoms with Gasteiger partial charge in [0.15, 0.2) is 11.6 Å². The molecule has 3 aromatic rings. The Balaban J connectivity index is 1.33. The minimum atomic E-state index is -4.61. The van der Waals surface area contributed by atoms with E-state index in [1.54, 1.807) is 6.07 Å². The van der Waals surface area contributed by atoms with E-state index in [1.165, 1.54) is 47.8 Å². The van der Waals surface area contributed by atoms with Gasteiger partial charge in [-0.1, -0.05) is 12.1 Å². The lowest BCUT2D eigenvalue weighted by atomic mass is 10.1. The fourth-order valence-corrected chi connectivity index (χ4v) is 3.35. The number of hydrogen-bond donors (Lipinski definition) is 1. The SMILES string of the molecule is O=C(Nc1cnccn1)Oc1ccc(N2CCN(C(=O)c3ccccc3C(F)(F)F)CC2)nn1. The molecule has 2 aromatic heterocycles. The molecular weight excluding hydrogens is 455 g/mol. The summed E-state index contributed by atoms with van der Waals surface area (Å²) in [6.45, 7) is 1.13. The molecule has 1 aliphatic rings. The summed E-state index contributed by atoms with van der Waals surface area (Å²) < 4.78 is 44.8. The Labute approximate surface area is 191 Å². The van der Waals surface area contributed by atoms with Crippen molar-refractivity contribution in [3.63, 3.8) is 0 Å². The Morgan fingerprint density at radius 3 is 2.38 bits per heavy atom. The van der Waals surface area contributed by atoms with Gasteiger partial charge in [0.25, 0.3) is 5.91 Å². The standard InChI is InChI=1S/C21H18F3N7O3/c22-21(23,24)15-4-2-1-3-14(15)19(32)31-11-9-30(10-12-31)17-5-6-18(29-28-17)34-20(33)27-16-13-25-7-8-26-16/h1-8,13H,9-12H2,(H,26,27,33). The van der Waals surface area contributed by atoms with Crippen molar-refractivity contribution < 1.29 is 27.5 Å². The molecule has 1 aromatic carbocycles. The number of benzene rings is 1. The van der Waals surface area contributed by atoms with Crippen LogP contribution in [0.4, 0.5) is 29.6 Å². The van der Waals surface area contributed by atoms with Crippen molar-refractivity contribution in [2.75, 3.05) is 36.4 Å². The van der Waals surface area contributed by atoms with Crippen molar-refractivity contribution in [2.45, 2.75) is 6.18 Å². The third-order valence-corrected chi connectivity index (χ3v) is 4.97. The number of ether oxygens (including phenoxy) is 1. The minimum absolute atomic E-state index is 0.0392. The largest absolute Gasteiger partial charge is 0.419 e. The average molecular weight is 473 g/mol. The fraction of sp³-hybridized carbons (Fsp3) is 0.238. The molecule has 1 N–H and O–H groups in total. The molecule has 3 heterocycles. The van der Waals surface area contributed by atoms with Crippen LogP contribution in [-0.4, -0.2) is 63.2 Å². The van der Waals surface area contributed by atoms with E-state index in [9.17, 15) is 22.8 Å². The Hall–Kier alpha value is -4.29. The molecule has 0 spiro atoms. The summed E-state index contributed by atoms with van der Waals surface area (Å²) in [5.74, 6) is -0.0222. The second kappa shape index (κ2) is 9.68. The van der Waals surface area contributed by atoms with Crippen LogP contribution in [0.15, 0.2) is 55.0 Å². The molecular formula is C21H18F3N7O3. The molecule has 4 rings (SSSR count). The molecule has 1 saturated heterocycles. The van der Waals surface area contributed by atoms with Gasteiger partial charge in [0.1, 0.15) is 0 Å². The van der Waals surface area contributed by atoms with Crippen molar-refractivity contribution in [1.82, 2.24) is 25.1 Å². The Kier molecular flexibility index (Phi) is 6.52. The van der Waals surface area contributed by atoms with Gasteiger partial charge in [-0.3, -0.25) is 15.1 Å². The first kappa shape index (κ1) is 22.9. The van der Waals surface area contributed by atoms with Gasteiger partial charge in [0.2, 0.25) is 5.88 Å². The number of carbonyl (C=O) groups excluding carboxylic acids is 2. The zero-order chi connectivity index (χ0) is 24.1. The lowest BCUT2D eigenvalue weighted by Gasteiger charge is -2.35. The van der Waals surface area contributed by atoms with Gasteiger partial charge in [0.05, 0.1) is 17.3 Å². The molecule has 10 nitrogen and oxygen atoms in total. The maximum absolute atomic E-state index is 13.2. The summed E-state index contributed by atoms with van der Waals surface area (Å²) in [6, 6.07) is 7.79. The fourth-order valence-electron chi connectivity index (χ4n) is 3.35. The summed E-state index contributed by atoms with van der Waals surface area (Å²) in [6.07, 6.45) is -1.21. The number of hydrogen-bond acceptors (Lipinski definition) is 8. The maximum Gasteiger partial charge on any atom is 0.419 e. The van der Waals surface area contributed by atoms with E-state index in [4.69, 9.17) is 4.74 Å². The molecule has 0 unspecified atom stereocenters. The highest BCUT2D eigenvalue weighted by Crippen LogP contribution is 2.32. The van der Waals surface area contributed by atoms with Crippen molar-refractivity contribution in [2.24, 2.45) is 0 Å². The van der Waals surface area contributed by atoms with Gasteiger partial charge in [-0.2, -0.15) is 13.2 Å². The number of rotatable bonds is 4. The number of carbonyl (C=O) groups is 2. The second-order valence-corrected chi connectivity index (χ2v) is 7.16. The molecule has 0 bridgehead atoms. The predicted octanol–water partition coefficient (Wildman–Crippen LogP) is 2.86. The van der Waals surface area contributed by atoms with Crippen molar-refractivity contribution in [1.29, 1.82) is 0 Å². The van der Waals surface area contributed by atoms with E-state index >= 15 is 0 Å². The van der Waals surface area contributed by atoms with Crippen LogP contribution in [0.2, 0.25) is 0 Å². The van der Waals surface area contributed by atoms with E-state index < -0.39 is 23.7 Å². The topological polar surface area (TPSA) is 113 Å². The summed E-state index contributed by atoms with van der Waals surface area (Å²) >= 11 is 0. The third-order valence-electron chi connectivity index (χ3n) is 4.97. The zero-order valence-electron chi connectivity index (χ0n) is 17.6. The van der Waals surface area contributed by atoms with E-state index in [2.05, 4.69) is 25.5 Å². The number of aromatic nitrogens is 4. The molecule has 0 saturated carbocycles. The molecule has 0 aliphatic carbocycles. The first-order valence-electron chi connectivity index (χ1n) is 10.1. The minimum Gasteiger partial charge on any atom is -0.389 e. The first-order chi connectivity index (χ1) is 16.3. The molecule has 1 fully saturated rings. The van der Waals surface area contributed by atoms with Gasteiger partial charge >= 0.3 is 12.3 Å². The number of halogens is 3. The van der Waals surface area contributed by atoms with Crippen LogP contribution in [0.5, 0.6) is 5.88 Å². The lowest BCUT2D eigenvalue weighted by molar-refractivity contribution is -0.138. The predicted molar refractivity (Wildman–Crippen MR) is 113 cm³/mol. The third kappa shape index (κ3) is 5.36. The van der Waals surface area contributed by atoms with Crippen molar-refractivity contribution in [3.05, 3.63) is 66.1 Å². The normalized spacial score (nSPS) is 14.0.